The third-order valence-corrected chi connectivity index (χ3v) is 2.25. The summed E-state index contributed by atoms with van der Waals surface area (Å²) in [5.41, 5.74) is 0. The molecule has 0 heterocycles. The molecule has 0 aromatic heterocycles. The zero-order valence-electron chi connectivity index (χ0n) is 10.3. The fraction of sp³-hybridized carbons (Fsp3) is 0.769. The van der Waals surface area contributed by atoms with Gasteiger partial charge in [-0.05, 0) is 18.8 Å². The van der Waals surface area contributed by atoms with Crippen molar-refractivity contribution in [3.63, 3.8) is 0 Å². The number of esters is 1. The maximum absolute atomic E-state index is 11.7. The van der Waals surface area contributed by atoms with E-state index in [1.807, 2.05) is 13.8 Å². The third kappa shape index (κ3) is 7.18. The Labute approximate surface area is 93.7 Å². The van der Waals surface area contributed by atoms with Gasteiger partial charge in [0.2, 0.25) is 0 Å². The van der Waals surface area contributed by atoms with Crippen LogP contribution in [0.1, 0.15) is 46.5 Å². The van der Waals surface area contributed by atoms with E-state index in [4.69, 9.17) is 4.74 Å². The van der Waals surface area contributed by atoms with Crippen molar-refractivity contribution in [2.24, 2.45) is 11.8 Å². The van der Waals surface area contributed by atoms with Crippen LogP contribution >= 0.6 is 0 Å². The van der Waals surface area contributed by atoms with E-state index in [0.29, 0.717) is 12.5 Å². The summed E-state index contributed by atoms with van der Waals surface area (Å²) in [5.74, 6) is 0.364. The maximum Gasteiger partial charge on any atom is 0.309 e. The Hall–Kier alpha value is -0.790. The van der Waals surface area contributed by atoms with Gasteiger partial charge in [0, 0.05) is 0 Å². The molecule has 2 nitrogen and oxygen atoms in total. The van der Waals surface area contributed by atoms with Crippen LogP contribution < -0.4 is 0 Å². The highest BCUT2D eigenvalue weighted by molar-refractivity contribution is 5.72. The SMILES string of the molecule is C=CCC(CCCC)C(=O)OCC(C)C. The second-order valence-electron chi connectivity index (χ2n) is 4.39. The number of unbranched alkanes of at least 4 members (excludes halogenated alkanes) is 1. The monoisotopic (exact) mass is 212 g/mol. The molecule has 0 aliphatic carbocycles. The molecular weight excluding hydrogens is 188 g/mol. The number of hydrogen-bond donors (Lipinski definition) is 0. The van der Waals surface area contributed by atoms with E-state index in [-0.39, 0.29) is 11.9 Å². The lowest BCUT2D eigenvalue weighted by molar-refractivity contribution is -0.149. The van der Waals surface area contributed by atoms with Crippen LogP contribution in [-0.2, 0) is 9.53 Å². The van der Waals surface area contributed by atoms with Gasteiger partial charge >= 0.3 is 5.97 Å². The van der Waals surface area contributed by atoms with E-state index in [0.717, 1.165) is 25.7 Å². The summed E-state index contributed by atoms with van der Waals surface area (Å²) in [5, 5.41) is 0. The van der Waals surface area contributed by atoms with Crippen molar-refractivity contribution in [3.8, 4) is 0 Å². The lowest BCUT2D eigenvalue weighted by Gasteiger charge is -2.14. The molecule has 0 aliphatic heterocycles. The highest BCUT2D eigenvalue weighted by Gasteiger charge is 2.18. The van der Waals surface area contributed by atoms with Crippen LogP contribution in [0.4, 0.5) is 0 Å². The Balaban J connectivity index is 3.97. The van der Waals surface area contributed by atoms with Crippen molar-refractivity contribution in [1.29, 1.82) is 0 Å². The standard InChI is InChI=1S/C13H24O2/c1-5-7-9-12(8-6-2)13(14)15-10-11(3)4/h6,11-12H,2,5,7-10H2,1,3-4H3. The van der Waals surface area contributed by atoms with Gasteiger partial charge in [-0.1, -0.05) is 39.7 Å². The van der Waals surface area contributed by atoms with Crippen LogP contribution in [0.3, 0.4) is 0 Å². The van der Waals surface area contributed by atoms with Crippen LogP contribution in [0.2, 0.25) is 0 Å². The molecule has 0 radical (unpaired) electrons. The second kappa shape index (κ2) is 8.51. The molecule has 0 bridgehead atoms. The van der Waals surface area contributed by atoms with Gasteiger partial charge in [-0.2, -0.15) is 0 Å². The molecule has 88 valence electrons. The minimum absolute atomic E-state index is 0.0150. The molecule has 0 rings (SSSR count). The highest BCUT2D eigenvalue weighted by Crippen LogP contribution is 2.15. The second-order valence-corrected chi connectivity index (χ2v) is 4.39. The Morgan fingerprint density at radius 1 is 1.47 bits per heavy atom. The number of carbonyl (C=O) groups excluding carboxylic acids is 1. The lowest BCUT2D eigenvalue weighted by Crippen LogP contribution is -2.19. The first-order chi connectivity index (χ1) is 7.11. The Morgan fingerprint density at radius 2 is 2.13 bits per heavy atom. The van der Waals surface area contributed by atoms with Gasteiger partial charge in [-0.3, -0.25) is 4.79 Å². The van der Waals surface area contributed by atoms with Crippen LogP contribution in [-0.4, -0.2) is 12.6 Å². The van der Waals surface area contributed by atoms with Gasteiger partial charge in [0.05, 0.1) is 12.5 Å². The predicted molar refractivity (Wildman–Crippen MR) is 63.6 cm³/mol. The van der Waals surface area contributed by atoms with E-state index in [1.54, 1.807) is 6.08 Å². The Morgan fingerprint density at radius 3 is 2.60 bits per heavy atom. The molecule has 1 unspecified atom stereocenters. The van der Waals surface area contributed by atoms with E-state index >= 15 is 0 Å². The van der Waals surface area contributed by atoms with Crippen molar-refractivity contribution in [2.75, 3.05) is 6.61 Å². The molecule has 1 atom stereocenters. The summed E-state index contributed by atoms with van der Waals surface area (Å²) in [6, 6.07) is 0. The maximum atomic E-state index is 11.7. The minimum atomic E-state index is -0.0583. The van der Waals surface area contributed by atoms with Crippen molar-refractivity contribution in [1.82, 2.24) is 0 Å². The summed E-state index contributed by atoms with van der Waals surface area (Å²) in [6.45, 7) is 10.4. The van der Waals surface area contributed by atoms with E-state index in [1.165, 1.54) is 0 Å². The molecule has 0 fully saturated rings. The van der Waals surface area contributed by atoms with Crippen LogP contribution in [0, 0.1) is 11.8 Å². The molecular formula is C13H24O2. The number of ether oxygens (including phenoxy) is 1. The Kier molecular flexibility index (Phi) is 8.06. The van der Waals surface area contributed by atoms with E-state index in [2.05, 4.69) is 13.5 Å². The van der Waals surface area contributed by atoms with Gasteiger partial charge in [-0.15, -0.1) is 6.58 Å². The summed E-state index contributed by atoms with van der Waals surface area (Å²) in [7, 11) is 0. The fourth-order valence-electron chi connectivity index (χ4n) is 1.35. The van der Waals surface area contributed by atoms with Gasteiger partial charge in [0.15, 0.2) is 0 Å². The number of carbonyl (C=O) groups is 1. The first-order valence-electron chi connectivity index (χ1n) is 5.89. The molecule has 0 aromatic carbocycles. The molecule has 0 spiro atoms. The zero-order chi connectivity index (χ0) is 11.7. The summed E-state index contributed by atoms with van der Waals surface area (Å²) < 4.78 is 5.23. The van der Waals surface area contributed by atoms with Gasteiger partial charge < -0.3 is 4.74 Å². The molecule has 0 aliphatic rings. The molecule has 0 aromatic rings. The summed E-state index contributed by atoms with van der Waals surface area (Å²) >= 11 is 0. The van der Waals surface area contributed by atoms with E-state index < -0.39 is 0 Å². The molecule has 2 heteroatoms. The zero-order valence-corrected chi connectivity index (χ0v) is 10.3. The smallest absolute Gasteiger partial charge is 0.309 e. The largest absolute Gasteiger partial charge is 0.465 e. The van der Waals surface area contributed by atoms with Crippen molar-refractivity contribution >= 4 is 5.97 Å². The number of allylic oxidation sites excluding steroid dienone is 1. The first-order valence-corrected chi connectivity index (χ1v) is 5.89. The fourth-order valence-corrected chi connectivity index (χ4v) is 1.35. The van der Waals surface area contributed by atoms with Gasteiger partial charge in [-0.25, -0.2) is 0 Å². The number of hydrogen-bond acceptors (Lipinski definition) is 2. The van der Waals surface area contributed by atoms with Crippen molar-refractivity contribution < 1.29 is 9.53 Å². The Bertz CT molecular complexity index is 185. The first kappa shape index (κ1) is 14.2. The average molecular weight is 212 g/mol. The van der Waals surface area contributed by atoms with Crippen molar-refractivity contribution in [2.45, 2.75) is 46.5 Å². The van der Waals surface area contributed by atoms with Crippen molar-refractivity contribution in [3.05, 3.63) is 12.7 Å². The molecule has 0 saturated carbocycles. The quantitative estimate of drug-likeness (QED) is 0.454. The van der Waals surface area contributed by atoms with E-state index in [9.17, 15) is 4.79 Å². The number of rotatable bonds is 8. The topological polar surface area (TPSA) is 26.3 Å². The molecule has 0 N–H and O–H groups in total. The molecule has 0 amide bonds. The summed E-state index contributed by atoms with van der Waals surface area (Å²) in [4.78, 5) is 11.7. The van der Waals surface area contributed by atoms with Crippen LogP contribution in [0.15, 0.2) is 12.7 Å². The van der Waals surface area contributed by atoms with Gasteiger partial charge in [0.1, 0.15) is 0 Å². The molecule has 0 saturated heterocycles. The van der Waals surface area contributed by atoms with Crippen LogP contribution in [0.5, 0.6) is 0 Å². The third-order valence-electron chi connectivity index (χ3n) is 2.25. The predicted octanol–water partition coefficient (Wildman–Crippen LogP) is 3.57. The minimum Gasteiger partial charge on any atom is -0.465 e. The normalized spacial score (nSPS) is 12.5. The van der Waals surface area contributed by atoms with Gasteiger partial charge in [0.25, 0.3) is 0 Å². The lowest BCUT2D eigenvalue weighted by atomic mass is 9.99. The molecule has 15 heavy (non-hydrogen) atoms. The van der Waals surface area contributed by atoms with Crippen LogP contribution in [0.25, 0.3) is 0 Å². The highest BCUT2D eigenvalue weighted by atomic mass is 16.5. The summed E-state index contributed by atoms with van der Waals surface area (Å²) in [6.07, 6.45) is 5.65. The average Bonchev–Trinajstić information content (AvgIpc) is 2.20.